The van der Waals surface area contributed by atoms with Crippen molar-refractivity contribution in [2.24, 2.45) is 0 Å². The summed E-state index contributed by atoms with van der Waals surface area (Å²) in [6.45, 7) is 3.60. The summed E-state index contributed by atoms with van der Waals surface area (Å²) in [4.78, 5) is 15.7. The second-order valence-corrected chi connectivity index (χ2v) is 6.44. The van der Waals surface area contributed by atoms with Gasteiger partial charge in [0.2, 0.25) is 0 Å². The fourth-order valence-corrected chi connectivity index (χ4v) is 3.63. The molecule has 0 N–H and O–H groups in total. The van der Waals surface area contributed by atoms with Crippen LogP contribution >= 0.6 is 35.3 Å². The summed E-state index contributed by atoms with van der Waals surface area (Å²) in [5, 5.41) is 6.15. The molecule has 1 fully saturated rings. The Labute approximate surface area is 125 Å². The van der Waals surface area contributed by atoms with Crippen molar-refractivity contribution in [3.8, 4) is 0 Å². The summed E-state index contributed by atoms with van der Waals surface area (Å²) in [5.41, 5.74) is 0. The zero-order chi connectivity index (χ0) is 13.1. The van der Waals surface area contributed by atoms with Gasteiger partial charge in [0.25, 0.3) is 0 Å². The molecule has 2 aromatic heterocycles. The van der Waals surface area contributed by atoms with Crippen LogP contribution in [0.1, 0.15) is 0 Å². The zero-order valence-electron chi connectivity index (χ0n) is 10.3. The Balaban J connectivity index is 1.78. The highest BCUT2D eigenvalue weighted by atomic mass is 32.1. The molecule has 5 nitrogen and oxygen atoms in total. The Morgan fingerprint density at radius 1 is 1.00 bits per heavy atom. The van der Waals surface area contributed by atoms with Gasteiger partial charge >= 0.3 is 0 Å². The third-order valence-electron chi connectivity index (χ3n) is 2.88. The molecule has 0 atom stereocenters. The first-order chi connectivity index (χ1) is 9.36. The summed E-state index contributed by atoms with van der Waals surface area (Å²) in [6, 6.07) is 0. The minimum Gasteiger partial charge on any atom is -0.317 e. The van der Waals surface area contributed by atoms with Crippen molar-refractivity contribution < 1.29 is 0 Å². The van der Waals surface area contributed by atoms with Crippen LogP contribution in [0.3, 0.4) is 0 Å². The van der Waals surface area contributed by atoms with Gasteiger partial charge < -0.3 is 9.80 Å². The minimum absolute atomic E-state index is 0.837. The van der Waals surface area contributed by atoms with Crippen molar-refractivity contribution in [2.75, 3.05) is 42.1 Å². The molecular weight excluding hydrogens is 298 g/mol. The molecule has 0 aliphatic carbocycles. The van der Waals surface area contributed by atoms with E-state index in [0.29, 0.717) is 0 Å². The largest absolute Gasteiger partial charge is 0.317 e. The average Bonchev–Trinajstić information content (AvgIpc) is 3.12. The van der Waals surface area contributed by atoms with Gasteiger partial charge in [-0.25, -0.2) is 9.97 Å². The number of anilines is 2. The standard InChI is InChI=1S/C11H15N5S3/c17-4-3-14-7-15(10-12-1-5-18-10)9-16(8-14)11-13-2-6-19-11/h1-2,5-6,17H,3-4,7-9H2. The van der Waals surface area contributed by atoms with E-state index < -0.39 is 0 Å². The summed E-state index contributed by atoms with van der Waals surface area (Å²) in [6.07, 6.45) is 3.70. The van der Waals surface area contributed by atoms with Crippen LogP contribution in [0.4, 0.5) is 10.3 Å². The molecule has 0 amide bonds. The maximum Gasteiger partial charge on any atom is 0.187 e. The van der Waals surface area contributed by atoms with Gasteiger partial charge in [-0.3, -0.25) is 4.90 Å². The number of hydrogen-bond acceptors (Lipinski definition) is 8. The first kappa shape index (κ1) is 13.2. The first-order valence-corrected chi connectivity index (χ1v) is 8.38. The molecule has 2 aromatic rings. The number of hydrogen-bond donors (Lipinski definition) is 1. The van der Waals surface area contributed by atoms with Crippen LogP contribution in [0, 0.1) is 0 Å². The molecule has 3 heterocycles. The molecule has 0 bridgehead atoms. The maximum absolute atomic E-state index is 4.41. The van der Waals surface area contributed by atoms with Crippen LogP contribution in [0.25, 0.3) is 0 Å². The Morgan fingerprint density at radius 2 is 1.58 bits per heavy atom. The van der Waals surface area contributed by atoms with Gasteiger partial charge in [-0.05, 0) is 0 Å². The number of nitrogens with zero attached hydrogens (tertiary/aromatic N) is 5. The number of thiazole rings is 2. The lowest BCUT2D eigenvalue weighted by atomic mass is 10.5. The minimum atomic E-state index is 0.837. The highest BCUT2D eigenvalue weighted by Gasteiger charge is 2.25. The van der Waals surface area contributed by atoms with Gasteiger partial charge in [0.1, 0.15) is 0 Å². The summed E-state index contributed by atoms with van der Waals surface area (Å²) in [7, 11) is 0. The topological polar surface area (TPSA) is 35.5 Å². The van der Waals surface area contributed by atoms with E-state index in [9.17, 15) is 0 Å². The fraction of sp³-hybridized carbons (Fsp3) is 0.455. The predicted molar refractivity (Wildman–Crippen MR) is 84.3 cm³/mol. The molecule has 0 aromatic carbocycles. The molecule has 3 rings (SSSR count). The third kappa shape index (κ3) is 3.02. The highest BCUT2D eigenvalue weighted by Crippen LogP contribution is 2.25. The lowest BCUT2D eigenvalue weighted by Crippen LogP contribution is -2.55. The third-order valence-corrected chi connectivity index (χ3v) is 4.74. The summed E-state index contributed by atoms with van der Waals surface area (Å²) in [5.74, 6) is 0.859. The van der Waals surface area contributed by atoms with Crippen molar-refractivity contribution in [3.63, 3.8) is 0 Å². The van der Waals surface area contributed by atoms with Crippen LogP contribution in [-0.4, -0.2) is 47.2 Å². The summed E-state index contributed by atoms with van der Waals surface area (Å²) >= 11 is 7.68. The lowest BCUT2D eigenvalue weighted by Gasteiger charge is -2.42. The van der Waals surface area contributed by atoms with Crippen LogP contribution in [-0.2, 0) is 0 Å². The second-order valence-electron chi connectivity index (χ2n) is 4.25. The molecule has 1 aliphatic rings. The number of aromatic nitrogens is 2. The molecule has 0 unspecified atom stereocenters. The van der Waals surface area contributed by atoms with E-state index in [-0.39, 0.29) is 0 Å². The monoisotopic (exact) mass is 313 g/mol. The van der Waals surface area contributed by atoms with E-state index in [1.807, 2.05) is 23.2 Å². The predicted octanol–water partition coefficient (Wildman–Crippen LogP) is 2.03. The number of thiol groups is 1. The van der Waals surface area contributed by atoms with Crippen molar-refractivity contribution in [1.29, 1.82) is 0 Å². The molecule has 1 saturated heterocycles. The van der Waals surface area contributed by atoms with Crippen LogP contribution in [0.15, 0.2) is 23.2 Å². The van der Waals surface area contributed by atoms with E-state index in [1.54, 1.807) is 22.7 Å². The zero-order valence-corrected chi connectivity index (χ0v) is 12.9. The molecule has 0 radical (unpaired) electrons. The van der Waals surface area contributed by atoms with Crippen molar-refractivity contribution in [2.45, 2.75) is 0 Å². The Bertz CT molecular complexity index is 444. The summed E-state index contributed by atoms with van der Waals surface area (Å²) < 4.78 is 0. The van der Waals surface area contributed by atoms with Crippen LogP contribution in [0.2, 0.25) is 0 Å². The van der Waals surface area contributed by atoms with Crippen molar-refractivity contribution >= 4 is 45.6 Å². The Morgan fingerprint density at radius 3 is 2.00 bits per heavy atom. The second kappa shape index (κ2) is 6.08. The van der Waals surface area contributed by atoms with E-state index in [2.05, 4.69) is 37.3 Å². The van der Waals surface area contributed by atoms with E-state index in [1.165, 1.54) is 0 Å². The fourth-order valence-electron chi connectivity index (χ4n) is 2.09. The Kier molecular flexibility index (Phi) is 4.21. The normalized spacial score (nSPS) is 17.1. The van der Waals surface area contributed by atoms with Crippen molar-refractivity contribution in [3.05, 3.63) is 23.2 Å². The molecule has 102 valence electrons. The SMILES string of the molecule is SCCN1CN(c2nccs2)CN(c2nccs2)C1. The molecule has 0 spiro atoms. The van der Waals surface area contributed by atoms with Gasteiger partial charge in [-0.15, -0.1) is 22.7 Å². The highest BCUT2D eigenvalue weighted by molar-refractivity contribution is 7.80. The van der Waals surface area contributed by atoms with Gasteiger partial charge in [-0.2, -0.15) is 12.6 Å². The van der Waals surface area contributed by atoms with E-state index in [0.717, 1.165) is 42.6 Å². The van der Waals surface area contributed by atoms with Crippen molar-refractivity contribution in [1.82, 2.24) is 14.9 Å². The molecule has 0 saturated carbocycles. The maximum atomic E-state index is 4.41. The number of rotatable bonds is 4. The lowest BCUT2D eigenvalue weighted by molar-refractivity contribution is 0.256. The Hall–Kier alpha value is -0.830. The molecule has 19 heavy (non-hydrogen) atoms. The van der Waals surface area contributed by atoms with E-state index in [4.69, 9.17) is 0 Å². The van der Waals surface area contributed by atoms with Gasteiger partial charge in [0.15, 0.2) is 10.3 Å². The van der Waals surface area contributed by atoms with Gasteiger partial charge in [0, 0.05) is 35.5 Å². The average molecular weight is 313 g/mol. The smallest absolute Gasteiger partial charge is 0.187 e. The molecule has 1 aliphatic heterocycles. The van der Waals surface area contributed by atoms with Crippen LogP contribution in [0.5, 0.6) is 0 Å². The first-order valence-electron chi connectivity index (χ1n) is 5.99. The van der Waals surface area contributed by atoms with Gasteiger partial charge in [-0.1, -0.05) is 0 Å². The molecular formula is C11H15N5S3. The van der Waals surface area contributed by atoms with E-state index >= 15 is 0 Å². The van der Waals surface area contributed by atoms with Crippen LogP contribution < -0.4 is 9.80 Å². The quantitative estimate of drug-likeness (QED) is 0.874. The van der Waals surface area contributed by atoms with Gasteiger partial charge in [0.05, 0.1) is 20.0 Å². The molecule has 8 heteroatoms.